The molecule has 1 aliphatic heterocycles. The van der Waals surface area contributed by atoms with Crippen LogP contribution in [-0.4, -0.2) is 22.7 Å². The van der Waals surface area contributed by atoms with Crippen molar-refractivity contribution >= 4 is 34.7 Å². The number of amides is 2. The Morgan fingerprint density at radius 2 is 1.69 bits per heavy atom. The minimum Gasteiger partial charge on any atom is -0.367 e. The molecule has 2 aromatic carbocycles. The predicted molar refractivity (Wildman–Crippen MR) is 108 cm³/mol. The molecule has 1 saturated heterocycles. The molecule has 0 bridgehead atoms. The van der Waals surface area contributed by atoms with Gasteiger partial charge in [0.1, 0.15) is 0 Å². The van der Waals surface area contributed by atoms with Crippen molar-refractivity contribution in [1.29, 1.82) is 0 Å². The predicted octanol–water partition coefficient (Wildman–Crippen LogP) is 5.22. The zero-order chi connectivity index (χ0) is 18.7. The number of imide groups is 1. The third-order valence-electron chi connectivity index (χ3n) is 4.27. The summed E-state index contributed by atoms with van der Waals surface area (Å²) in [5, 5.41) is 2.87. The first-order valence-electron chi connectivity index (χ1n) is 8.60. The molecule has 0 spiro atoms. The summed E-state index contributed by atoms with van der Waals surface area (Å²) in [6.45, 7) is 6.46. The van der Waals surface area contributed by atoms with E-state index in [4.69, 9.17) is 0 Å². The third-order valence-corrected chi connectivity index (χ3v) is 5.17. The van der Waals surface area contributed by atoms with Crippen molar-refractivity contribution in [1.82, 2.24) is 4.90 Å². The van der Waals surface area contributed by atoms with Crippen LogP contribution in [0, 0.1) is 6.92 Å². The largest absolute Gasteiger partial charge is 0.367 e. The van der Waals surface area contributed by atoms with Gasteiger partial charge in [-0.05, 0) is 53.9 Å². The highest BCUT2D eigenvalue weighted by molar-refractivity contribution is 8.18. The lowest BCUT2D eigenvalue weighted by molar-refractivity contribution is -0.122. The van der Waals surface area contributed by atoms with Gasteiger partial charge in [0.15, 0.2) is 0 Å². The van der Waals surface area contributed by atoms with Gasteiger partial charge in [-0.3, -0.25) is 14.5 Å². The number of rotatable bonds is 5. The van der Waals surface area contributed by atoms with E-state index in [0.717, 1.165) is 28.6 Å². The Bertz CT molecular complexity index is 839. The summed E-state index contributed by atoms with van der Waals surface area (Å²) in [6.07, 6.45) is 1.78. The summed E-state index contributed by atoms with van der Waals surface area (Å²) in [7, 11) is 0. The number of hydrogen-bond acceptors (Lipinski definition) is 4. The number of carbonyl (C=O) groups is 2. The molecule has 0 radical (unpaired) electrons. The van der Waals surface area contributed by atoms with E-state index in [1.807, 2.05) is 43.3 Å². The lowest BCUT2D eigenvalue weighted by Crippen LogP contribution is -2.33. The number of benzene rings is 2. The summed E-state index contributed by atoms with van der Waals surface area (Å²) < 4.78 is 0. The number of anilines is 1. The van der Waals surface area contributed by atoms with Crippen molar-refractivity contribution in [3.63, 3.8) is 0 Å². The molecule has 1 fully saturated rings. The summed E-state index contributed by atoms with van der Waals surface area (Å²) in [4.78, 5) is 26.4. The van der Waals surface area contributed by atoms with Gasteiger partial charge < -0.3 is 5.32 Å². The lowest BCUT2D eigenvalue weighted by atomic mass is 10.0. The molecule has 0 unspecified atom stereocenters. The summed E-state index contributed by atoms with van der Waals surface area (Å²) in [6, 6.07) is 15.9. The maximum absolute atomic E-state index is 12.5. The number of nitrogens with one attached hydrogen (secondary N) is 1. The second-order valence-electron chi connectivity index (χ2n) is 6.63. The van der Waals surface area contributed by atoms with Gasteiger partial charge in [-0.25, -0.2) is 0 Å². The van der Waals surface area contributed by atoms with Gasteiger partial charge in [0, 0.05) is 5.69 Å². The molecule has 4 nitrogen and oxygen atoms in total. The number of aryl methyl sites for hydroxylation is 1. The molecule has 26 heavy (non-hydrogen) atoms. The van der Waals surface area contributed by atoms with Crippen molar-refractivity contribution in [2.75, 3.05) is 12.0 Å². The van der Waals surface area contributed by atoms with Gasteiger partial charge in [0.25, 0.3) is 11.1 Å². The van der Waals surface area contributed by atoms with Crippen LogP contribution in [0.2, 0.25) is 0 Å². The second kappa shape index (κ2) is 7.79. The van der Waals surface area contributed by atoms with Crippen molar-refractivity contribution < 1.29 is 9.59 Å². The maximum atomic E-state index is 12.5. The standard InChI is InChI=1S/C21H22N2O2S/c1-14(2)17-8-6-16(7-9-17)12-19-20(24)23(21(25)26-19)13-22-18-10-4-15(3)5-11-18/h4-12,14,22H,13H2,1-3H3/b19-12-. The van der Waals surface area contributed by atoms with E-state index < -0.39 is 0 Å². The molecule has 1 N–H and O–H groups in total. The molecule has 0 saturated carbocycles. The fraction of sp³-hybridized carbons (Fsp3) is 0.238. The molecule has 5 heteroatoms. The highest BCUT2D eigenvalue weighted by Gasteiger charge is 2.34. The van der Waals surface area contributed by atoms with E-state index in [1.54, 1.807) is 6.08 Å². The van der Waals surface area contributed by atoms with Crippen LogP contribution in [-0.2, 0) is 4.79 Å². The van der Waals surface area contributed by atoms with E-state index in [0.29, 0.717) is 10.8 Å². The molecule has 1 heterocycles. The quantitative estimate of drug-likeness (QED) is 0.737. The maximum Gasteiger partial charge on any atom is 0.295 e. The van der Waals surface area contributed by atoms with Crippen molar-refractivity contribution in [2.24, 2.45) is 0 Å². The Balaban J connectivity index is 1.68. The first-order valence-corrected chi connectivity index (χ1v) is 9.41. The average Bonchev–Trinajstić information content (AvgIpc) is 2.88. The van der Waals surface area contributed by atoms with Crippen LogP contribution in [0.25, 0.3) is 6.08 Å². The summed E-state index contributed by atoms with van der Waals surface area (Å²) >= 11 is 0.983. The molecule has 2 aromatic rings. The lowest BCUT2D eigenvalue weighted by Gasteiger charge is -2.14. The van der Waals surface area contributed by atoms with E-state index in [-0.39, 0.29) is 17.8 Å². The van der Waals surface area contributed by atoms with Crippen molar-refractivity contribution in [3.8, 4) is 0 Å². The van der Waals surface area contributed by atoms with Gasteiger partial charge in [-0.1, -0.05) is 55.8 Å². The molecule has 1 aliphatic rings. The topological polar surface area (TPSA) is 49.4 Å². The smallest absolute Gasteiger partial charge is 0.295 e. The minimum absolute atomic E-state index is 0.164. The molecule has 0 aromatic heterocycles. The zero-order valence-electron chi connectivity index (χ0n) is 15.2. The number of thioether (sulfide) groups is 1. The third kappa shape index (κ3) is 4.17. The molecular formula is C21H22N2O2S. The van der Waals surface area contributed by atoms with Crippen LogP contribution < -0.4 is 5.32 Å². The molecule has 3 rings (SSSR count). The Kier molecular flexibility index (Phi) is 5.47. The summed E-state index contributed by atoms with van der Waals surface area (Å²) in [5.41, 5.74) is 4.21. The molecular weight excluding hydrogens is 344 g/mol. The average molecular weight is 366 g/mol. The first-order chi connectivity index (χ1) is 12.4. The van der Waals surface area contributed by atoms with Crippen LogP contribution in [0.3, 0.4) is 0 Å². The van der Waals surface area contributed by atoms with Crippen LogP contribution in [0.4, 0.5) is 10.5 Å². The van der Waals surface area contributed by atoms with Crippen LogP contribution in [0.15, 0.2) is 53.4 Å². The Morgan fingerprint density at radius 1 is 1.04 bits per heavy atom. The van der Waals surface area contributed by atoms with Crippen LogP contribution in [0.5, 0.6) is 0 Å². The Hall–Kier alpha value is -2.53. The van der Waals surface area contributed by atoms with E-state index in [1.165, 1.54) is 10.5 Å². The minimum atomic E-state index is -0.257. The van der Waals surface area contributed by atoms with Gasteiger partial charge in [0.2, 0.25) is 0 Å². The summed E-state index contributed by atoms with van der Waals surface area (Å²) in [5.74, 6) is 0.205. The molecule has 134 valence electrons. The van der Waals surface area contributed by atoms with Gasteiger partial charge in [-0.2, -0.15) is 0 Å². The van der Waals surface area contributed by atoms with Crippen molar-refractivity contribution in [2.45, 2.75) is 26.7 Å². The van der Waals surface area contributed by atoms with Gasteiger partial charge >= 0.3 is 0 Å². The first kappa shape index (κ1) is 18.3. The fourth-order valence-electron chi connectivity index (χ4n) is 2.61. The SMILES string of the molecule is Cc1ccc(NCN2C(=O)S/C(=C\c3ccc(C(C)C)cc3)C2=O)cc1. The Morgan fingerprint density at radius 3 is 2.31 bits per heavy atom. The highest BCUT2D eigenvalue weighted by Crippen LogP contribution is 2.32. The van der Waals surface area contributed by atoms with Crippen LogP contribution >= 0.6 is 11.8 Å². The Labute approximate surface area is 158 Å². The monoisotopic (exact) mass is 366 g/mol. The van der Waals surface area contributed by atoms with Gasteiger partial charge in [-0.15, -0.1) is 0 Å². The van der Waals surface area contributed by atoms with E-state index >= 15 is 0 Å². The normalized spacial score (nSPS) is 16.0. The van der Waals surface area contributed by atoms with Crippen LogP contribution in [0.1, 0.15) is 36.5 Å². The second-order valence-corrected chi connectivity index (χ2v) is 7.63. The number of carbonyl (C=O) groups excluding carboxylic acids is 2. The fourth-order valence-corrected chi connectivity index (χ4v) is 3.44. The number of nitrogens with zero attached hydrogens (tertiary/aromatic N) is 1. The molecule has 2 amide bonds. The van der Waals surface area contributed by atoms with Crippen molar-refractivity contribution in [3.05, 3.63) is 70.1 Å². The molecule has 0 aliphatic carbocycles. The molecule has 0 atom stereocenters. The zero-order valence-corrected chi connectivity index (χ0v) is 16.0. The highest BCUT2D eigenvalue weighted by atomic mass is 32.2. The van der Waals surface area contributed by atoms with Gasteiger partial charge in [0.05, 0.1) is 11.6 Å². The van der Waals surface area contributed by atoms with E-state index in [9.17, 15) is 9.59 Å². The number of hydrogen-bond donors (Lipinski definition) is 1. The van der Waals surface area contributed by atoms with E-state index in [2.05, 4.69) is 31.3 Å².